The van der Waals surface area contributed by atoms with Gasteiger partial charge in [-0.05, 0) is 71.4 Å². The van der Waals surface area contributed by atoms with Crippen LogP contribution in [-0.4, -0.2) is 15.0 Å². The molecule has 1 heterocycles. The summed E-state index contributed by atoms with van der Waals surface area (Å²) in [5.74, 6) is 1.92. The molecule has 0 aliphatic carbocycles. The molecule has 0 N–H and O–H groups in total. The van der Waals surface area contributed by atoms with Gasteiger partial charge in [0.2, 0.25) is 0 Å². The first kappa shape index (κ1) is 29.9. The van der Waals surface area contributed by atoms with Crippen molar-refractivity contribution in [3.05, 3.63) is 188 Å². The second kappa shape index (κ2) is 12.4. The molecule has 242 valence electrons. The monoisotopic (exact) mass is 661 g/mol. The lowest BCUT2D eigenvalue weighted by molar-refractivity contribution is 1.07. The van der Waals surface area contributed by atoms with Crippen LogP contribution in [0.5, 0.6) is 0 Å². The summed E-state index contributed by atoms with van der Waals surface area (Å²) in [6.45, 7) is 0. The van der Waals surface area contributed by atoms with E-state index in [4.69, 9.17) is 15.0 Å². The van der Waals surface area contributed by atoms with Gasteiger partial charge in [0.05, 0.1) is 0 Å². The number of nitrogens with zero attached hydrogens (tertiary/aromatic N) is 3. The molecule has 0 amide bonds. The van der Waals surface area contributed by atoms with E-state index in [1.807, 2.05) is 18.2 Å². The van der Waals surface area contributed by atoms with Crippen LogP contribution in [0.4, 0.5) is 0 Å². The third-order valence-electron chi connectivity index (χ3n) is 10.1. The van der Waals surface area contributed by atoms with Gasteiger partial charge in [0.15, 0.2) is 17.5 Å². The third-order valence-corrected chi connectivity index (χ3v) is 10.1. The maximum atomic E-state index is 5.23. The normalized spacial score (nSPS) is 11.5. The van der Waals surface area contributed by atoms with Crippen LogP contribution >= 0.6 is 0 Å². The van der Waals surface area contributed by atoms with Crippen molar-refractivity contribution in [1.29, 1.82) is 0 Å². The standard InChI is InChI=1S/C49H31N3/c1-2-15-35(16-3-1)47-50-48(36-27-25-34(26-28-36)39-24-12-18-32-13-4-7-19-38(32)39)52-49(51-47)44-23-11-10-22-42(44)46-41-21-9-6-17-37(41)31-45-40-20-8-5-14-33(40)29-30-43(45)46/h1-31H. The molecular formula is C49H31N3. The van der Waals surface area contributed by atoms with E-state index in [0.717, 1.165) is 27.8 Å². The zero-order valence-corrected chi connectivity index (χ0v) is 28.2. The minimum absolute atomic E-state index is 0.636. The lowest BCUT2D eigenvalue weighted by Crippen LogP contribution is -2.01. The van der Waals surface area contributed by atoms with E-state index in [9.17, 15) is 0 Å². The summed E-state index contributed by atoms with van der Waals surface area (Å²) in [6, 6.07) is 66.4. The molecule has 9 aromatic carbocycles. The predicted octanol–water partition coefficient (Wildman–Crippen LogP) is 12.8. The van der Waals surface area contributed by atoms with Crippen LogP contribution in [0.3, 0.4) is 0 Å². The van der Waals surface area contributed by atoms with Crippen molar-refractivity contribution in [2.45, 2.75) is 0 Å². The summed E-state index contributed by atoms with van der Waals surface area (Å²) in [6.07, 6.45) is 0. The molecule has 0 radical (unpaired) electrons. The zero-order chi connectivity index (χ0) is 34.4. The van der Waals surface area contributed by atoms with Crippen molar-refractivity contribution in [3.63, 3.8) is 0 Å². The Bertz CT molecular complexity index is 2940. The molecule has 1 aromatic heterocycles. The van der Waals surface area contributed by atoms with Gasteiger partial charge in [-0.2, -0.15) is 0 Å². The summed E-state index contributed by atoms with van der Waals surface area (Å²) in [7, 11) is 0. The second-order valence-corrected chi connectivity index (χ2v) is 13.2. The van der Waals surface area contributed by atoms with Gasteiger partial charge in [0.1, 0.15) is 0 Å². The maximum Gasteiger partial charge on any atom is 0.164 e. The fraction of sp³-hybridized carbons (Fsp3) is 0. The first-order valence-corrected chi connectivity index (χ1v) is 17.6. The largest absolute Gasteiger partial charge is 0.208 e. The number of benzene rings is 9. The van der Waals surface area contributed by atoms with Gasteiger partial charge >= 0.3 is 0 Å². The highest BCUT2D eigenvalue weighted by atomic mass is 15.0. The van der Waals surface area contributed by atoms with Gasteiger partial charge in [-0.15, -0.1) is 0 Å². The van der Waals surface area contributed by atoms with E-state index in [1.165, 1.54) is 54.2 Å². The Morgan fingerprint density at radius 3 is 1.54 bits per heavy atom. The average Bonchev–Trinajstić information content (AvgIpc) is 3.23. The SMILES string of the molecule is c1ccc(-c2nc(-c3ccc(-c4cccc5ccccc45)cc3)nc(-c3ccccc3-c3c4ccccc4cc4c3ccc3ccccc34)n2)cc1. The Morgan fingerprint density at radius 2 is 0.769 bits per heavy atom. The van der Waals surface area contributed by atoms with Crippen molar-refractivity contribution < 1.29 is 0 Å². The highest BCUT2D eigenvalue weighted by Crippen LogP contribution is 2.43. The Balaban J connectivity index is 1.18. The molecule has 0 aliphatic heterocycles. The van der Waals surface area contributed by atoms with Crippen molar-refractivity contribution in [1.82, 2.24) is 15.0 Å². The van der Waals surface area contributed by atoms with Crippen LogP contribution in [0.2, 0.25) is 0 Å². The van der Waals surface area contributed by atoms with Crippen molar-refractivity contribution in [2.24, 2.45) is 0 Å². The summed E-state index contributed by atoms with van der Waals surface area (Å²) in [4.78, 5) is 15.5. The van der Waals surface area contributed by atoms with Crippen LogP contribution in [0.1, 0.15) is 0 Å². The predicted molar refractivity (Wildman–Crippen MR) is 217 cm³/mol. The molecule has 10 rings (SSSR count). The summed E-state index contributed by atoms with van der Waals surface area (Å²) in [5, 5.41) is 9.75. The molecular weight excluding hydrogens is 631 g/mol. The molecule has 0 spiro atoms. The molecule has 0 atom stereocenters. The van der Waals surface area contributed by atoms with Gasteiger partial charge in [0, 0.05) is 16.7 Å². The zero-order valence-electron chi connectivity index (χ0n) is 28.2. The van der Waals surface area contributed by atoms with Crippen molar-refractivity contribution in [2.75, 3.05) is 0 Å². The van der Waals surface area contributed by atoms with Gasteiger partial charge in [-0.25, -0.2) is 15.0 Å². The fourth-order valence-electron chi connectivity index (χ4n) is 7.62. The number of hydrogen-bond acceptors (Lipinski definition) is 3. The van der Waals surface area contributed by atoms with E-state index < -0.39 is 0 Å². The van der Waals surface area contributed by atoms with Crippen molar-refractivity contribution in [3.8, 4) is 56.4 Å². The molecule has 0 saturated heterocycles. The summed E-state index contributed by atoms with van der Waals surface area (Å²) in [5.41, 5.74) is 7.46. The van der Waals surface area contributed by atoms with E-state index in [2.05, 4.69) is 170 Å². The lowest BCUT2D eigenvalue weighted by atomic mass is 9.88. The average molecular weight is 662 g/mol. The van der Waals surface area contributed by atoms with Gasteiger partial charge in [-0.1, -0.05) is 182 Å². The Kier molecular flexibility index (Phi) is 7.14. The van der Waals surface area contributed by atoms with Gasteiger partial charge in [-0.3, -0.25) is 0 Å². The molecule has 0 fully saturated rings. The molecule has 0 aliphatic rings. The van der Waals surface area contributed by atoms with Crippen LogP contribution in [0, 0.1) is 0 Å². The highest BCUT2D eigenvalue weighted by molar-refractivity contribution is 6.21. The van der Waals surface area contributed by atoms with Crippen LogP contribution in [0.25, 0.3) is 99.5 Å². The Hall–Kier alpha value is -6.97. The summed E-state index contributed by atoms with van der Waals surface area (Å²) >= 11 is 0. The van der Waals surface area contributed by atoms with E-state index in [-0.39, 0.29) is 0 Å². The first-order chi connectivity index (χ1) is 25.8. The molecule has 0 bridgehead atoms. The number of hydrogen-bond donors (Lipinski definition) is 0. The molecule has 0 unspecified atom stereocenters. The second-order valence-electron chi connectivity index (χ2n) is 13.2. The van der Waals surface area contributed by atoms with E-state index in [1.54, 1.807) is 0 Å². The fourth-order valence-corrected chi connectivity index (χ4v) is 7.62. The summed E-state index contributed by atoms with van der Waals surface area (Å²) < 4.78 is 0. The molecule has 10 aromatic rings. The Morgan fingerprint density at radius 1 is 0.250 bits per heavy atom. The topological polar surface area (TPSA) is 38.7 Å². The molecule has 0 saturated carbocycles. The van der Waals surface area contributed by atoms with Crippen LogP contribution < -0.4 is 0 Å². The van der Waals surface area contributed by atoms with Crippen LogP contribution in [-0.2, 0) is 0 Å². The van der Waals surface area contributed by atoms with E-state index in [0.29, 0.717) is 17.5 Å². The van der Waals surface area contributed by atoms with Gasteiger partial charge < -0.3 is 0 Å². The van der Waals surface area contributed by atoms with Crippen molar-refractivity contribution >= 4 is 43.1 Å². The number of fused-ring (bicyclic) bond motifs is 5. The minimum atomic E-state index is 0.636. The maximum absolute atomic E-state index is 5.23. The molecule has 3 heteroatoms. The molecule has 52 heavy (non-hydrogen) atoms. The lowest BCUT2D eigenvalue weighted by Gasteiger charge is -2.17. The number of rotatable bonds is 5. The Labute approximate surface area is 301 Å². The van der Waals surface area contributed by atoms with E-state index >= 15 is 0 Å². The van der Waals surface area contributed by atoms with Crippen LogP contribution in [0.15, 0.2) is 188 Å². The minimum Gasteiger partial charge on any atom is -0.208 e. The smallest absolute Gasteiger partial charge is 0.164 e. The highest BCUT2D eigenvalue weighted by Gasteiger charge is 2.19. The van der Waals surface area contributed by atoms with Gasteiger partial charge in [0.25, 0.3) is 0 Å². The third kappa shape index (κ3) is 5.10. The first-order valence-electron chi connectivity index (χ1n) is 17.6. The number of aromatic nitrogens is 3. The quantitative estimate of drug-likeness (QED) is 0.136. The molecule has 3 nitrogen and oxygen atoms in total.